The van der Waals surface area contributed by atoms with Crippen molar-refractivity contribution in [3.05, 3.63) is 65.4 Å². The number of nitrogens with one attached hydrogen (secondary N) is 2. The molecule has 5 rings (SSSR count). The molecule has 0 unspecified atom stereocenters. The van der Waals surface area contributed by atoms with Crippen LogP contribution in [0, 0.1) is 6.92 Å². The maximum atomic E-state index is 12.9. The molecule has 0 spiro atoms. The zero-order valence-electron chi connectivity index (χ0n) is 20.2. The first-order valence-corrected chi connectivity index (χ1v) is 12.5. The van der Waals surface area contributed by atoms with Crippen LogP contribution in [0.3, 0.4) is 0 Å². The Morgan fingerprint density at radius 1 is 1.06 bits per heavy atom. The van der Waals surface area contributed by atoms with Gasteiger partial charge in [-0.2, -0.15) is 0 Å². The van der Waals surface area contributed by atoms with Crippen molar-refractivity contribution < 1.29 is 19.0 Å². The average molecular weight is 476 g/mol. The summed E-state index contributed by atoms with van der Waals surface area (Å²) >= 11 is 0. The molecule has 3 aromatic rings. The van der Waals surface area contributed by atoms with Crippen LogP contribution in [0.1, 0.15) is 47.2 Å². The lowest BCUT2D eigenvalue weighted by Gasteiger charge is -2.13. The molecule has 0 aliphatic carbocycles. The predicted octanol–water partition coefficient (Wildman–Crippen LogP) is 4.62. The van der Waals surface area contributed by atoms with Crippen molar-refractivity contribution in [3.8, 4) is 5.75 Å². The van der Waals surface area contributed by atoms with E-state index in [0.29, 0.717) is 18.3 Å². The molecule has 1 amide bonds. The summed E-state index contributed by atoms with van der Waals surface area (Å²) in [5, 5.41) is 7.56. The summed E-state index contributed by atoms with van der Waals surface area (Å²) in [7, 11) is 0. The molecule has 2 N–H and O–H groups in total. The van der Waals surface area contributed by atoms with Crippen molar-refractivity contribution in [1.29, 1.82) is 0 Å². The third kappa shape index (κ3) is 5.99. The second-order valence-corrected chi connectivity index (χ2v) is 9.34. The van der Waals surface area contributed by atoms with E-state index in [9.17, 15) is 4.79 Å². The standard InChI is InChI=1S/C28H33N3O4/c1-19-26(31-28(32)21-6-9-23(10-7-21)35-18-25-5-3-13-34-25)11-8-22-14-20(16-30-27(19)22)15-29-17-24-4-2-12-33-24/h6-11,14,16,24-25,29H,2-5,12-13,15,17-18H2,1H3,(H,31,32)/t24-,25-/m0/s1. The molecule has 2 aliphatic heterocycles. The summed E-state index contributed by atoms with van der Waals surface area (Å²) in [6, 6.07) is 13.3. The van der Waals surface area contributed by atoms with Gasteiger partial charge in [-0.05, 0) is 80.1 Å². The van der Waals surface area contributed by atoms with Gasteiger partial charge in [0.15, 0.2) is 0 Å². The van der Waals surface area contributed by atoms with Gasteiger partial charge in [-0.3, -0.25) is 9.78 Å². The Labute approximate surface area is 206 Å². The van der Waals surface area contributed by atoms with Crippen molar-refractivity contribution in [2.75, 3.05) is 31.7 Å². The first-order valence-electron chi connectivity index (χ1n) is 12.5. The Morgan fingerprint density at radius 2 is 1.83 bits per heavy atom. The second kappa shape index (κ2) is 11.2. The number of amides is 1. The minimum absolute atomic E-state index is 0.159. The first-order chi connectivity index (χ1) is 17.2. The SMILES string of the molecule is Cc1c(NC(=O)c2ccc(OC[C@@H]3CCCO3)cc2)ccc2cc(CNC[C@@H]3CCCO3)cnc12. The van der Waals surface area contributed by atoms with Gasteiger partial charge < -0.3 is 24.8 Å². The van der Waals surface area contributed by atoms with Crippen molar-refractivity contribution >= 4 is 22.5 Å². The fourth-order valence-corrected chi connectivity index (χ4v) is 4.67. The van der Waals surface area contributed by atoms with E-state index in [1.54, 1.807) is 12.1 Å². The molecule has 2 aliphatic rings. The highest BCUT2D eigenvalue weighted by atomic mass is 16.5. The van der Waals surface area contributed by atoms with Gasteiger partial charge >= 0.3 is 0 Å². The molecule has 2 saturated heterocycles. The van der Waals surface area contributed by atoms with E-state index >= 15 is 0 Å². The number of carbonyl (C=O) groups excluding carboxylic acids is 1. The number of nitrogens with zero attached hydrogens (tertiary/aromatic N) is 1. The van der Waals surface area contributed by atoms with E-state index < -0.39 is 0 Å². The van der Waals surface area contributed by atoms with E-state index in [0.717, 1.165) is 85.5 Å². The fraction of sp³-hybridized carbons (Fsp3) is 0.429. The van der Waals surface area contributed by atoms with Gasteiger partial charge in [0, 0.05) is 49.1 Å². The van der Waals surface area contributed by atoms with Gasteiger partial charge in [-0.1, -0.05) is 6.07 Å². The topological polar surface area (TPSA) is 81.7 Å². The molecule has 7 heteroatoms. The molecule has 0 bridgehead atoms. The number of rotatable bonds is 9. The van der Waals surface area contributed by atoms with Crippen LogP contribution in [-0.4, -0.2) is 49.5 Å². The largest absolute Gasteiger partial charge is 0.491 e. The Bertz CT molecular complexity index is 1150. The Balaban J connectivity index is 1.18. The number of aryl methyl sites for hydroxylation is 1. The van der Waals surface area contributed by atoms with Gasteiger partial charge in [0.2, 0.25) is 0 Å². The number of hydrogen-bond donors (Lipinski definition) is 2. The van der Waals surface area contributed by atoms with E-state index in [4.69, 9.17) is 14.2 Å². The minimum Gasteiger partial charge on any atom is -0.491 e. The molecule has 0 saturated carbocycles. The number of anilines is 1. The van der Waals surface area contributed by atoms with E-state index in [-0.39, 0.29) is 12.0 Å². The first kappa shape index (κ1) is 23.7. The van der Waals surface area contributed by atoms with Crippen LogP contribution in [0.5, 0.6) is 5.75 Å². The number of benzene rings is 2. The normalized spacial score (nSPS) is 19.8. The molecule has 2 atom stereocenters. The highest BCUT2D eigenvalue weighted by Gasteiger charge is 2.17. The van der Waals surface area contributed by atoms with Gasteiger partial charge in [0.1, 0.15) is 12.4 Å². The molecule has 1 aromatic heterocycles. The molecular weight excluding hydrogens is 442 g/mol. The lowest BCUT2D eigenvalue weighted by Crippen LogP contribution is -2.25. The molecule has 35 heavy (non-hydrogen) atoms. The van der Waals surface area contributed by atoms with Crippen molar-refractivity contribution in [3.63, 3.8) is 0 Å². The lowest BCUT2D eigenvalue weighted by atomic mass is 10.1. The number of ether oxygens (including phenoxy) is 3. The number of hydrogen-bond acceptors (Lipinski definition) is 6. The van der Waals surface area contributed by atoms with Crippen LogP contribution < -0.4 is 15.4 Å². The van der Waals surface area contributed by atoms with Crippen LogP contribution in [0.2, 0.25) is 0 Å². The maximum absolute atomic E-state index is 12.9. The highest BCUT2D eigenvalue weighted by Crippen LogP contribution is 2.25. The summed E-state index contributed by atoms with van der Waals surface area (Å²) < 4.78 is 17.0. The molecule has 7 nitrogen and oxygen atoms in total. The van der Waals surface area contributed by atoms with Gasteiger partial charge in [-0.15, -0.1) is 0 Å². The smallest absolute Gasteiger partial charge is 0.255 e. The molecule has 2 fully saturated rings. The summed E-state index contributed by atoms with van der Waals surface area (Å²) in [5.41, 5.74) is 4.32. The monoisotopic (exact) mass is 475 g/mol. The Kier molecular flexibility index (Phi) is 7.57. The van der Waals surface area contributed by atoms with Crippen LogP contribution in [0.25, 0.3) is 10.9 Å². The van der Waals surface area contributed by atoms with Crippen LogP contribution in [0.4, 0.5) is 5.69 Å². The third-order valence-corrected chi connectivity index (χ3v) is 6.71. The van der Waals surface area contributed by atoms with E-state index in [2.05, 4.69) is 21.7 Å². The summed E-state index contributed by atoms with van der Waals surface area (Å²) in [5.74, 6) is 0.581. The Hall–Kier alpha value is -3.00. The van der Waals surface area contributed by atoms with E-state index in [1.807, 2.05) is 37.4 Å². The molecule has 0 radical (unpaired) electrons. The summed E-state index contributed by atoms with van der Waals surface area (Å²) in [4.78, 5) is 17.5. The molecule has 184 valence electrons. The highest BCUT2D eigenvalue weighted by molar-refractivity contribution is 6.06. The summed E-state index contributed by atoms with van der Waals surface area (Å²) in [6.07, 6.45) is 6.80. The summed E-state index contributed by atoms with van der Waals surface area (Å²) in [6.45, 7) is 5.84. The zero-order chi connectivity index (χ0) is 24.0. The van der Waals surface area contributed by atoms with E-state index in [1.165, 1.54) is 0 Å². The maximum Gasteiger partial charge on any atom is 0.255 e. The second-order valence-electron chi connectivity index (χ2n) is 9.34. The minimum atomic E-state index is -0.159. The van der Waals surface area contributed by atoms with Crippen molar-refractivity contribution in [2.24, 2.45) is 0 Å². The van der Waals surface area contributed by atoms with Crippen LogP contribution in [-0.2, 0) is 16.0 Å². The third-order valence-electron chi connectivity index (χ3n) is 6.71. The predicted molar refractivity (Wildman–Crippen MR) is 136 cm³/mol. The van der Waals surface area contributed by atoms with Gasteiger partial charge in [0.05, 0.1) is 17.7 Å². The van der Waals surface area contributed by atoms with Crippen molar-refractivity contribution in [2.45, 2.75) is 51.4 Å². The van der Waals surface area contributed by atoms with Crippen LogP contribution >= 0.6 is 0 Å². The molecular formula is C28H33N3O4. The number of fused-ring (bicyclic) bond motifs is 1. The average Bonchev–Trinajstić information content (AvgIpc) is 3.59. The number of carbonyl (C=O) groups is 1. The number of pyridine rings is 1. The molecule has 2 aromatic carbocycles. The number of aromatic nitrogens is 1. The zero-order valence-corrected chi connectivity index (χ0v) is 20.2. The quantitative estimate of drug-likeness (QED) is 0.470. The van der Waals surface area contributed by atoms with Crippen molar-refractivity contribution in [1.82, 2.24) is 10.3 Å². The lowest BCUT2D eigenvalue weighted by molar-refractivity contribution is 0.0679. The Morgan fingerprint density at radius 3 is 2.57 bits per heavy atom. The van der Waals surface area contributed by atoms with Gasteiger partial charge in [-0.25, -0.2) is 0 Å². The van der Waals surface area contributed by atoms with Gasteiger partial charge in [0.25, 0.3) is 5.91 Å². The molecule has 3 heterocycles. The van der Waals surface area contributed by atoms with Crippen LogP contribution in [0.15, 0.2) is 48.7 Å². The fourth-order valence-electron chi connectivity index (χ4n) is 4.67.